The lowest BCUT2D eigenvalue weighted by molar-refractivity contribution is -0.00474. The summed E-state index contributed by atoms with van der Waals surface area (Å²) in [6.07, 6.45) is 4.95. The molecule has 1 amide bonds. The zero-order chi connectivity index (χ0) is 15.7. The summed E-state index contributed by atoms with van der Waals surface area (Å²) in [5, 5.41) is 13.2. The Morgan fingerprint density at radius 1 is 1.27 bits per heavy atom. The van der Waals surface area contributed by atoms with E-state index in [1.807, 2.05) is 0 Å². The van der Waals surface area contributed by atoms with E-state index in [0.29, 0.717) is 12.0 Å². The first-order chi connectivity index (χ1) is 10.5. The van der Waals surface area contributed by atoms with Gasteiger partial charge >= 0.3 is 6.09 Å². The van der Waals surface area contributed by atoms with Crippen molar-refractivity contribution in [3.05, 3.63) is 0 Å². The molecule has 0 aromatic rings. The average Bonchev–Trinajstić information content (AvgIpc) is 2.92. The molecule has 1 saturated carbocycles. The Hall–Kier alpha value is -1.30. The van der Waals surface area contributed by atoms with Crippen LogP contribution in [0.4, 0.5) is 4.79 Å². The largest absolute Gasteiger partial charge is 0.465 e. The fraction of sp³-hybridized carbons (Fsp3) is 0.875. The van der Waals surface area contributed by atoms with Crippen molar-refractivity contribution in [3.8, 4) is 0 Å². The van der Waals surface area contributed by atoms with Gasteiger partial charge in [0.1, 0.15) is 7.11 Å². The van der Waals surface area contributed by atoms with E-state index in [1.165, 1.54) is 12.8 Å². The third kappa shape index (κ3) is 2.93. The van der Waals surface area contributed by atoms with E-state index >= 15 is 0 Å². The van der Waals surface area contributed by atoms with Gasteiger partial charge in [0.2, 0.25) is 0 Å². The number of likely N-dealkylation sites (tertiary alicyclic amines) is 2. The fourth-order valence-corrected chi connectivity index (χ4v) is 4.53. The Morgan fingerprint density at radius 2 is 1.95 bits per heavy atom. The highest BCUT2D eigenvalue weighted by Gasteiger charge is 2.51. The molecule has 1 spiro atoms. The Kier molecular flexibility index (Phi) is 4.30. The van der Waals surface area contributed by atoms with Crippen molar-refractivity contribution in [2.24, 2.45) is 16.5 Å². The summed E-state index contributed by atoms with van der Waals surface area (Å²) in [4.78, 5) is 20.1. The van der Waals surface area contributed by atoms with Crippen LogP contribution in [0.5, 0.6) is 0 Å². The van der Waals surface area contributed by atoms with Gasteiger partial charge in [-0.05, 0) is 57.5 Å². The van der Waals surface area contributed by atoms with Gasteiger partial charge in [0.25, 0.3) is 0 Å². The summed E-state index contributed by atoms with van der Waals surface area (Å²) in [6, 6.07) is 0.661. The Labute approximate surface area is 132 Å². The van der Waals surface area contributed by atoms with Gasteiger partial charge in [-0.15, -0.1) is 0 Å². The summed E-state index contributed by atoms with van der Waals surface area (Å²) in [6.45, 7) is 5.78. The minimum absolute atomic E-state index is 0.285. The number of carboxylic acid groups (broad SMARTS) is 1. The molecule has 3 aliphatic rings. The standard InChI is InChI=1S/C16H27N3O3/c1-12(17-22-2)13-3-6-18(7-4-13)14-9-16(10-14)5-8-19(11-16)15(20)21/h13-14H,3-11H2,1-2H3,(H,20,21). The van der Waals surface area contributed by atoms with E-state index in [0.717, 1.165) is 51.2 Å². The monoisotopic (exact) mass is 309 g/mol. The third-order valence-corrected chi connectivity index (χ3v) is 5.92. The molecule has 0 atom stereocenters. The van der Waals surface area contributed by atoms with E-state index in [9.17, 15) is 4.79 Å². The molecule has 0 unspecified atom stereocenters. The highest BCUT2D eigenvalue weighted by atomic mass is 16.6. The number of amides is 1. The molecule has 1 aliphatic carbocycles. The van der Waals surface area contributed by atoms with Crippen molar-refractivity contribution >= 4 is 11.8 Å². The smallest absolute Gasteiger partial charge is 0.407 e. The summed E-state index contributed by atoms with van der Waals surface area (Å²) in [5.74, 6) is 0.555. The number of hydrogen-bond donors (Lipinski definition) is 1. The molecule has 0 bridgehead atoms. The zero-order valence-electron chi connectivity index (χ0n) is 13.6. The van der Waals surface area contributed by atoms with Crippen LogP contribution < -0.4 is 0 Å². The highest BCUT2D eigenvalue weighted by molar-refractivity contribution is 5.83. The van der Waals surface area contributed by atoms with Crippen molar-refractivity contribution in [2.75, 3.05) is 33.3 Å². The second kappa shape index (κ2) is 6.07. The van der Waals surface area contributed by atoms with Crippen molar-refractivity contribution in [2.45, 2.75) is 45.1 Å². The topological polar surface area (TPSA) is 65.4 Å². The highest BCUT2D eigenvalue weighted by Crippen LogP contribution is 2.50. The normalized spacial score (nSPS) is 34.0. The summed E-state index contributed by atoms with van der Waals surface area (Å²) in [7, 11) is 1.61. The number of piperidine rings is 1. The number of oxime groups is 1. The Morgan fingerprint density at radius 3 is 2.50 bits per heavy atom. The lowest BCUT2D eigenvalue weighted by atomic mass is 9.64. The van der Waals surface area contributed by atoms with E-state index in [1.54, 1.807) is 12.0 Å². The average molecular weight is 309 g/mol. The van der Waals surface area contributed by atoms with Gasteiger partial charge < -0.3 is 19.7 Å². The zero-order valence-corrected chi connectivity index (χ0v) is 13.6. The molecule has 0 radical (unpaired) electrons. The molecule has 0 aromatic heterocycles. The SMILES string of the molecule is CON=C(C)C1CCN(C2CC3(CCN(C(=O)O)C3)C2)CC1. The minimum atomic E-state index is -0.756. The Balaban J connectivity index is 1.45. The second-order valence-electron chi connectivity index (χ2n) is 7.24. The molecule has 124 valence electrons. The first kappa shape index (κ1) is 15.6. The van der Waals surface area contributed by atoms with Crippen molar-refractivity contribution in [1.29, 1.82) is 0 Å². The molecule has 3 fully saturated rings. The predicted molar refractivity (Wildman–Crippen MR) is 84.1 cm³/mol. The minimum Gasteiger partial charge on any atom is -0.465 e. The van der Waals surface area contributed by atoms with Crippen molar-refractivity contribution in [3.63, 3.8) is 0 Å². The lowest BCUT2D eigenvalue weighted by Crippen LogP contribution is -2.54. The van der Waals surface area contributed by atoms with Crippen LogP contribution in [0, 0.1) is 11.3 Å². The molecule has 22 heavy (non-hydrogen) atoms. The van der Waals surface area contributed by atoms with Crippen LogP contribution >= 0.6 is 0 Å². The quantitative estimate of drug-likeness (QED) is 0.641. The third-order valence-electron chi connectivity index (χ3n) is 5.92. The summed E-state index contributed by atoms with van der Waals surface area (Å²) < 4.78 is 0. The maximum Gasteiger partial charge on any atom is 0.407 e. The van der Waals surface area contributed by atoms with Gasteiger partial charge in [0, 0.05) is 25.0 Å². The molecule has 0 aromatic carbocycles. The molecular weight excluding hydrogens is 282 g/mol. The lowest BCUT2D eigenvalue weighted by Gasteiger charge is -2.51. The van der Waals surface area contributed by atoms with Crippen LogP contribution in [0.2, 0.25) is 0 Å². The van der Waals surface area contributed by atoms with Gasteiger partial charge in [-0.25, -0.2) is 4.79 Å². The van der Waals surface area contributed by atoms with Gasteiger partial charge in [0.05, 0.1) is 5.71 Å². The fourth-order valence-electron chi connectivity index (χ4n) is 4.53. The Bertz CT molecular complexity index is 452. The number of hydrogen-bond acceptors (Lipinski definition) is 4. The van der Waals surface area contributed by atoms with E-state index < -0.39 is 6.09 Å². The van der Waals surface area contributed by atoms with Gasteiger partial charge in [-0.1, -0.05) is 5.16 Å². The molecule has 1 N–H and O–H groups in total. The first-order valence-electron chi connectivity index (χ1n) is 8.32. The maximum absolute atomic E-state index is 11.1. The van der Waals surface area contributed by atoms with Gasteiger partial charge in [-0.2, -0.15) is 0 Å². The van der Waals surface area contributed by atoms with E-state index in [-0.39, 0.29) is 5.41 Å². The molecule has 2 heterocycles. The number of carbonyl (C=O) groups is 1. The van der Waals surface area contributed by atoms with Crippen LogP contribution in [-0.2, 0) is 4.84 Å². The van der Waals surface area contributed by atoms with Crippen LogP contribution in [0.25, 0.3) is 0 Å². The molecular formula is C16H27N3O3. The molecule has 3 rings (SSSR count). The van der Waals surface area contributed by atoms with E-state index in [4.69, 9.17) is 9.94 Å². The molecule has 6 nitrogen and oxygen atoms in total. The second-order valence-corrected chi connectivity index (χ2v) is 7.24. The first-order valence-corrected chi connectivity index (χ1v) is 8.32. The predicted octanol–water partition coefficient (Wildman–Crippen LogP) is 2.25. The van der Waals surface area contributed by atoms with Gasteiger partial charge in [-0.3, -0.25) is 0 Å². The van der Waals surface area contributed by atoms with Gasteiger partial charge in [0.15, 0.2) is 0 Å². The van der Waals surface area contributed by atoms with Crippen LogP contribution in [0.3, 0.4) is 0 Å². The number of rotatable bonds is 3. The number of nitrogens with zero attached hydrogens (tertiary/aromatic N) is 3. The van der Waals surface area contributed by atoms with Crippen molar-refractivity contribution < 1.29 is 14.7 Å². The van der Waals surface area contributed by atoms with Crippen LogP contribution in [0.1, 0.15) is 39.0 Å². The molecule has 2 saturated heterocycles. The van der Waals surface area contributed by atoms with Crippen LogP contribution in [-0.4, -0.2) is 66.0 Å². The molecule has 6 heteroatoms. The van der Waals surface area contributed by atoms with Crippen molar-refractivity contribution in [1.82, 2.24) is 9.80 Å². The van der Waals surface area contributed by atoms with E-state index in [2.05, 4.69) is 17.0 Å². The maximum atomic E-state index is 11.1. The summed E-state index contributed by atoms with van der Waals surface area (Å²) >= 11 is 0. The van der Waals surface area contributed by atoms with Crippen LogP contribution in [0.15, 0.2) is 5.16 Å². The summed E-state index contributed by atoms with van der Waals surface area (Å²) in [5.41, 5.74) is 1.40. The molecule has 2 aliphatic heterocycles.